The van der Waals surface area contributed by atoms with E-state index >= 15 is 0 Å². The van der Waals surface area contributed by atoms with Gasteiger partial charge < -0.3 is 9.47 Å². The highest BCUT2D eigenvalue weighted by Crippen LogP contribution is 2.22. The third kappa shape index (κ3) is 3.13. The van der Waals surface area contributed by atoms with Crippen LogP contribution in [0.5, 0.6) is 5.75 Å². The molecule has 0 fully saturated rings. The van der Waals surface area contributed by atoms with Crippen molar-refractivity contribution >= 4 is 21.8 Å². The van der Waals surface area contributed by atoms with E-state index in [0.29, 0.717) is 33.7 Å². The molecule has 5 rings (SSSR count). The fraction of sp³-hybridized carbons (Fsp3) is 0.136. The van der Waals surface area contributed by atoms with Gasteiger partial charge in [-0.2, -0.15) is 4.98 Å². The average Bonchev–Trinajstić information content (AvgIpc) is 3.27. The Morgan fingerprint density at radius 1 is 0.906 bits per heavy atom. The lowest BCUT2D eigenvalue weighted by molar-refractivity contribution is 0.178. The molecular weight excluding hydrogens is 412 g/mol. The summed E-state index contributed by atoms with van der Waals surface area (Å²) >= 11 is 0. The van der Waals surface area contributed by atoms with Gasteiger partial charge >= 0.3 is 0 Å². The standard InChI is InChI=1S/C22H18N6O4/c1-31-12-19-24-22(26-25-19)28-10-8-16-14(21(28)30)11-13-15(23-16)7-9-27(20(13)29)17-5-3-4-6-18(17)32-2/h3-11H,12H2,1-2H3,(H,24,25,26). The number of rotatable bonds is 5. The molecule has 0 saturated heterocycles. The van der Waals surface area contributed by atoms with Crippen LogP contribution in [-0.4, -0.2) is 43.5 Å². The van der Waals surface area contributed by atoms with E-state index in [0.717, 1.165) is 0 Å². The quantitative estimate of drug-likeness (QED) is 0.424. The van der Waals surface area contributed by atoms with Crippen molar-refractivity contribution in [3.63, 3.8) is 0 Å². The molecule has 0 saturated carbocycles. The zero-order chi connectivity index (χ0) is 22.2. The number of nitrogens with zero attached hydrogens (tertiary/aromatic N) is 5. The normalized spacial score (nSPS) is 11.3. The first-order chi connectivity index (χ1) is 15.6. The van der Waals surface area contributed by atoms with E-state index in [2.05, 4.69) is 20.2 Å². The molecule has 10 nitrogen and oxygen atoms in total. The Morgan fingerprint density at radius 3 is 2.31 bits per heavy atom. The highest BCUT2D eigenvalue weighted by Gasteiger charge is 2.14. The summed E-state index contributed by atoms with van der Waals surface area (Å²) in [6.45, 7) is 0.240. The summed E-state index contributed by atoms with van der Waals surface area (Å²) in [7, 11) is 3.09. The number of para-hydroxylation sites is 2. The number of aromatic amines is 1. The van der Waals surface area contributed by atoms with Crippen LogP contribution in [0.4, 0.5) is 0 Å². The summed E-state index contributed by atoms with van der Waals surface area (Å²) in [5, 5.41) is 7.40. The monoisotopic (exact) mass is 430 g/mol. The lowest BCUT2D eigenvalue weighted by atomic mass is 10.2. The predicted molar refractivity (Wildman–Crippen MR) is 118 cm³/mol. The lowest BCUT2D eigenvalue weighted by Crippen LogP contribution is -2.21. The van der Waals surface area contributed by atoms with E-state index < -0.39 is 0 Å². The Bertz CT molecular complexity index is 1580. The largest absolute Gasteiger partial charge is 0.495 e. The van der Waals surface area contributed by atoms with E-state index in [1.165, 1.54) is 9.13 Å². The minimum absolute atomic E-state index is 0.184. The van der Waals surface area contributed by atoms with Crippen LogP contribution in [0.1, 0.15) is 5.82 Å². The molecule has 1 aromatic carbocycles. The zero-order valence-electron chi connectivity index (χ0n) is 17.3. The SMILES string of the molecule is COCc1nc(-n2ccc3nc4ccn(-c5ccccc5OC)c(=O)c4cc3c2=O)n[nH]1. The molecule has 0 aliphatic heterocycles. The molecule has 0 unspecified atom stereocenters. The van der Waals surface area contributed by atoms with Gasteiger partial charge in [-0.25, -0.2) is 9.55 Å². The van der Waals surface area contributed by atoms with E-state index in [1.54, 1.807) is 56.9 Å². The first-order valence-electron chi connectivity index (χ1n) is 9.72. The van der Waals surface area contributed by atoms with Gasteiger partial charge in [0.25, 0.3) is 17.1 Å². The van der Waals surface area contributed by atoms with Gasteiger partial charge in [0.05, 0.1) is 34.6 Å². The summed E-state index contributed by atoms with van der Waals surface area (Å²) in [6, 6.07) is 12.2. The van der Waals surface area contributed by atoms with Gasteiger partial charge in [0, 0.05) is 19.5 Å². The number of H-pyrrole nitrogens is 1. The second-order valence-corrected chi connectivity index (χ2v) is 7.02. The maximum Gasteiger partial charge on any atom is 0.267 e. The van der Waals surface area contributed by atoms with E-state index in [1.807, 2.05) is 12.1 Å². The van der Waals surface area contributed by atoms with Gasteiger partial charge in [-0.1, -0.05) is 12.1 Å². The molecule has 4 aromatic heterocycles. The topological polar surface area (TPSA) is 117 Å². The van der Waals surface area contributed by atoms with Crippen molar-refractivity contribution in [2.24, 2.45) is 0 Å². The fourth-order valence-corrected chi connectivity index (χ4v) is 3.59. The molecule has 0 spiro atoms. The molecule has 0 bridgehead atoms. The fourth-order valence-electron chi connectivity index (χ4n) is 3.59. The number of benzene rings is 1. The van der Waals surface area contributed by atoms with Crippen LogP contribution in [0.25, 0.3) is 33.4 Å². The van der Waals surface area contributed by atoms with Gasteiger partial charge in [0.15, 0.2) is 5.82 Å². The summed E-state index contributed by atoms with van der Waals surface area (Å²) in [4.78, 5) is 35.3. The van der Waals surface area contributed by atoms with Gasteiger partial charge in [0.1, 0.15) is 12.4 Å². The third-order valence-corrected chi connectivity index (χ3v) is 5.10. The molecule has 0 aliphatic rings. The molecule has 32 heavy (non-hydrogen) atoms. The minimum atomic E-state index is -0.382. The summed E-state index contributed by atoms with van der Waals surface area (Å²) in [5.74, 6) is 1.23. The molecule has 0 radical (unpaired) electrons. The van der Waals surface area contributed by atoms with Crippen LogP contribution in [0, 0.1) is 0 Å². The maximum absolute atomic E-state index is 13.3. The molecule has 5 aromatic rings. The van der Waals surface area contributed by atoms with Crippen molar-refractivity contribution in [1.29, 1.82) is 0 Å². The molecule has 0 amide bonds. The van der Waals surface area contributed by atoms with Crippen molar-refractivity contribution in [1.82, 2.24) is 29.3 Å². The van der Waals surface area contributed by atoms with Crippen LogP contribution in [0.3, 0.4) is 0 Å². The van der Waals surface area contributed by atoms with Gasteiger partial charge in [0.2, 0.25) is 0 Å². The number of methoxy groups -OCH3 is 2. The highest BCUT2D eigenvalue weighted by atomic mass is 16.5. The Morgan fingerprint density at radius 2 is 1.59 bits per heavy atom. The first-order valence-corrected chi connectivity index (χ1v) is 9.72. The minimum Gasteiger partial charge on any atom is -0.495 e. The van der Waals surface area contributed by atoms with E-state index in [-0.39, 0.29) is 29.1 Å². The van der Waals surface area contributed by atoms with Crippen molar-refractivity contribution < 1.29 is 9.47 Å². The van der Waals surface area contributed by atoms with E-state index in [9.17, 15) is 9.59 Å². The second kappa shape index (κ2) is 7.75. The highest BCUT2D eigenvalue weighted by molar-refractivity contribution is 5.91. The zero-order valence-corrected chi connectivity index (χ0v) is 17.3. The number of hydrogen-bond donors (Lipinski definition) is 1. The first kappa shape index (κ1) is 19.6. The number of pyridine rings is 3. The van der Waals surface area contributed by atoms with Gasteiger partial charge in [-0.15, -0.1) is 5.10 Å². The molecule has 10 heteroatoms. The van der Waals surface area contributed by atoms with Crippen LogP contribution in [-0.2, 0) is 11.3 Å². The molecule has 1 N–H and O–H groups in total. The maximum atomic E-state index is 13.3. The molecule has 160 valence electrons. The summed E-state index contributed by atoms with van der Waals surface area (Å²) < 4.78 is 13.2. The van der Waals surface area contributed by atoms with Crippen LogP contribution >= 0.6 is 0 Å². The number of aromatic nitrogens is 6. The van der Waals surface area contributed by atoms with Gasteiger partial charge in [-0.3, -0.25) is 19.3 Å². The number of fused-ring (bicyclic) bond motifs is 2. The summed E-state index contributed by atoms with van der Waals surface area (Å²) in [6.07, 6.45) is 3.20. The summed E-state index contributed by atoms with van der Waals surface area (Å²) in [5.41, 5.74) is 0.870. The number of ether oxygens (including phenoxy) is 2. The average molecular weight is 430 g/mol. The number of nitrogens with one attached hydrogen (secondary N) is 1. The number of hydrogen-bond acceptors (Lipinski definition) is 7. The molecular formula is C22H18N6O4. The Kier molecular flexibility index (Phi) is 4.75. The van der Waals surface area contributed by atoms with Crippen molar-refractivity contribution in [2.75, 3.05) is 14.2 Å². The molecule has 0 aliphatic carbocycles. The molecule has 0 atom stereocenters. The van der Waals surface area contributed by atoms with Crippen LogP contribution in [0.2, 0.25) is 0 Å². The van der Waals surface area contributed by atoms with Crippen molar-refractivity contribution in [3.8, 4) is 17.4 Å². The van der Waals surface area contributed by atoms with Crippen molar-refractivity contribution in [2.45, 2.75) is 6.61 Å². The molecule has 4 heterocycles. The van der Waals surface area contributed by atoms with Crippen LogP contribution in [0.15, 0.2) is 64.4 Å². The second-order valence-electron chi connectivity index (χ2n) is 7.02. The van der Waals surface area contributed by atoms with Crippen molar-refractivity contribution in [3.05, 3.63) is 81.4 Å². The van der Waals surface area contributed by atoms with Crippen LogP contribution < -0.4 is 15.9 Å². The Hall–Kier alpha value is -4.31. The Balaban J connectivity index is 1.72. The van der Waals surface area contributed by atoms with Gasteiger partial charge in [-0.05, 0) is 30.3 Å². The van der Waals surface area contributed by atoms with E-state index in [4.69, 9.17) is 9.47 Å². The smallest absolute Gasteiger partial charge is 0.267 e. The Labute approximate surface area is 180 Å². The third-order valence-electron chi connectivity index (χ3n) is 5.10. The lowest BCUT2D eigenvalue weighted by Gasteiger charge is -2.11. The predicted octanol–water partition coefficient (Wildman–Crippen LogP) is 1.96.